The van der Waals surface area contributed by atoms with E-state index in [0.717, 1.165) is 18.5 Å². The lowest BCUT2D eigenvalue weighted by molar-refractivity contribution is 0.0446. The van der Waals surface area contributed by atoms with Crippen molar-refractivity contribution in [3.63, 3.8) is 0 Å². The number of aromatic nitrogens is 1. The fraction of sp³-hybridized carbons (Fsp3) is 0.500. The van der Waals surface area contributed by atoms with Crippen LogP contribution in [-0.4, -0.2) is 11.2 Å². The number of hydrogen-bond donors (Lipinski definition) is 0. The lowest BCUT2D eigenvalue weighted by Gasteiger charge is -2.27. The maximum atomic E-state index is 11.6. The van der Waals surface area contributed by atoms with E-state index >= 15 is 0 Å². The molecule has 3 nitrogen and oxygen atoms in total. The van der Waals surface area contributed by atoms with Crippen LogP contribution >= 0.6 is 0 Å². The van der Waals surface area contributed by atoms with Gasteiger partial charge in [0.05, 0.1) is 18.8 Å². The first-order chi connectivity index (χ1) is 6.32. The fourth-order valence-electron chi connectivity index (χ4n) is 2.11. The van der Waals surface area contributed by atoms with Crippen LogP contribution in [0.3, 0.4) is 0 Å². The zero-order chi connectivity index (χ0) is 8.89. The van der Waals surface area contributed by atoms with Crippen molar-refractivity contribution >= 4 is 0 Å². The molecule has 0 bridgehead atoms. The number of hydrogen-bond acceptors (Lipinski definition) is 2. The van der Waals surface area contributed by atoms with E-state index in [1.54, 1.807) is 12.1 Å². The van der Waals surface area contributed by atoms with Crippen LogP contribution in [0.15, 0.2) is 23.0 Å². The lowest BCUT2D eigenvalue weighted by Crippen LogP contribution is -2.39. The average molecular weight is 177 g/mol. The van der Waals surface area contributed by atoms with Gasteiger partial charge in [-0.15, -0.1) is 0 Å². The molecule has 0 radical (unpaired) electrons. The molecule has 0 amide bonds. The first kappa shape index (κ1) is 7.33. The summed E-state index contributed by atoms with van der Waals surface area (Å²) in [5.74, 6) is 0. The Hall–Kier alpha value is -1.09. The van der Waals surface area contributed by atoms with Crippen molar-refractivity contribution in [2.45, 2.75) is 25.0 Å². The van der Waals surface area contributed by atoms with Crippen LogP contribution in [0, 0.1) is 0 Å². The van der Waals surface area contributed by atoms with Crippen LogP contribution < -0.4 is 5.56 Å². The molecule has 13 heavy (non-hydrogen) atoms. The third-order valence-electron chi connectivity index (χ3n) is 2.96. The maximum Gasteiger partial charge on any atom is 0.251 e. The van der Waals surface area contributed by atoms with E-state index in [4.69, 9.17) is 4.74 Å². The van der Waals surface area contributed by atoms with E-state index in [1.807, 2.05) is 10.6 Å². The predicted octanol–water partition coefficient (Wildman–Crippen LogP) is 0.868. The van der Waals surface area contributed by atoms with E-state index in [9.17, 15) is 4.79 Å². The molecule has 3 rings (SSSR count). The Balaban J connectivity index is 2.27. The molecule has 0 saturated heterocycles. The van der Waals surface area contributed by atoms with Crippen molar-refractivity contribution in [2.75, 3.05) is 6.61 Å². The second kappa shape index (κ2) is 2.23. The highest BCUT2D eigenvalue weighted by molar-refractivity contribution is 5.16. The first-order valence-electron chi connectivity index (χ1n) is 4.61. The SMILES string of the molecule is O=c1cccc2n1C1(CC1)COC2. The normalized spacial score (nSPS) is 22.8. The molecule has 0 atom stereocenters. The molecule has 1 aromatic heterocycles. The molecule has 1 fully saturated rings. The van der Waals surface area contributed by atoms with Crippen LogP contribution in [0.2, 0.25) is 0 Å². The molecule has 68 valence electrons. The predicted molar refractivity (Wildman–Crippen MR) is 47.6 cm³/mol. The zero-order valence-electron chi connectivity index (χ0n) is 7.32. The molecule has 1 spiro atoms. The number of ether oxygens (including phenoxy) is 1. The van der Waals surface area contributed by atoms with Gasteiger partial charge in [0.25, 0.3) is 5.56 Å². The third-order valence-corrected chi connectivity index (χ3v) is 2.96. The van der Waals surface area contributed by atoms with Gasteiger partial charge in [0.2, 0.25) is 0 Å². The van der Waals surface area contributed by atoms with Gasteiger partial charge in [-0.25, -0.2) is 0 Å². The zero-order valence-corrected chi connectivity index (χ0v) is 7.32. The van der Waals surface area contributed by atoms with Crippen molar-refractivity contribution in [1.82, 2.24) is 4.57 Å². The second-order valence-corrected chi connectivity index (χ2v) is 3.91. The van der Waals surface area contributed by atoms with Gasteiger partial charge in [0, 0.05) is 11.8 Å². The summed E-state index contributed by atoms with van der Waals surface area (Å²) >= 11 is 0. The second-order valence-electron chi connectivity index (χ2n) is 3.91. The Labute approximate surface area is 75.9 Å². The lowest BCUT2D eigenvalue weighted by atomic mass is 10.2. The quantitative estimate of drug-likeness (QED) is 0.588. The van der Waals surface area contributed by atoms with Crippen LogP contribution in [0.5, 0.6) is 0 Å². The van der Waals surface area contributed by atoms with Crippen molar-refractivity contribution in [1.29, 1.82) is 0 Å². The molecule has 0 N–H and O–H groups in total. The molecular formula is C10H11NO2. The maximum absolute atomic E-state index is 11.6. The summed E-state index contributed by atoms with van der Waals surface area (Å²) in [5.41, 5.74) is 1.18. The van der Waals surface area contributed by atoms with Crippen LogP contribution in [0.4, 0.5) is 0 Å². The summed E-state index contributed by atoms with van der Waals surface area (Å²) in [6.07, 6.45) is 2.17. The van der Waals surface area contributed by atoms with Gasteiger partial charge in [0.15, 0.2) is 0 Å². The molecule has 0 aromatic carbocycles. The number of fused-ring (bicyclic) bond motifs is 2. The van der Waals surface area contributed by atoms with E-state index in [-0.39, 0.29) is 11.1 Å². The standard InChI is InChI=1S/C10H11NO2/c12-9-3-1-2-8-6-13-7-10(4-5-10)11(8)9/h1-3H,4-7H2. The highest BCUT2D eigenvalue weighted by Crippen LogP contribution is 2.45. The number of pyridine rings is 1. The number of rotatable bonds is 0. The van der Waals surface area contributed by atoms with Crippen LogP contribution in [0.25, 0.3) is 0 Å². The highest BCUT2D eigenvalue weighted by Gasteiger charge is 2.48. The van der Waals surface area contributed by atoms with Gasteiger partial charge in [-0.3, -0.25) is 4.79 Å². The summed E-state index contributed by atoms with van der Waals surface area (Å²) in [4.78, 5) is 11.6. The van der Waals surface area contributed by atoms with Crippen molar-refractivity contribution in [2.24, 2.45) is 0 Å². The minimum atomic E-state index is 0.0337. The van der Waals surface area contributed by atoms with Crippen LogP contribution in [-0.2, 0) is 16.9 Å². The van der Waals surface area contributed by atoms with E-state index in [2.05, 4.69) is 0 Å². The largest absolute Gasteiger partial charge is 0.373 e. The molecule has 3 heteroatoms. The van der Waals surface area contributed by atoms with E-state index < -0.39 is 0 Å². The smallest absolute Gasteiger partial charge is 0.251 e. The highest BCUT2D eigenvalue weighted by atomic mass is 16.5. The minimum absolute atomic E-state index is 0.0337. The molecule has 1 aliphatic heterocycles. The number of nitrogens with zero attached hydrogens (tertiary/aromatic N) is 1. The molecule has 1 aromatic rings. The topological polar surface area (TPSA) is 31.2 Å². The van der Waals surface area contributed by atoms with Gasteiger partial charge >= 0.3 is 0 Å². The van der Waals surface area contributed by atoms with Crippen molar-refractivity contribution < 1.29 is 4.74 Å². The summed E-state index contributed by atoms with van der Waals surface area (Å²) in [5, 5.41) is 0. The fourth-order valence-corrected chi connectivity index (χ4v) is 2.11. The van der Waals surface area contributed by atoms with Gasteiger partial charge in [-0.1, -0.05) is 6.07 Å². The first-order valence-corrected chi connectivity index (χ1v) is 4.61. The van der Waals surface area contributed by atoms with E-state index in [0.29, 0.717) is 13.2 Å². The van der Waals surface area contributed by atoms with Crippen molar-refractivity contribution in [3.8, 4) is 0 Å². The molecule has 1 saturated carbocycles. The Morgan fingerprint density at radius 3 is 3.00 bits per heavy atom. The summed E-state index contributed by atoms with van der Waals surface area (Å²) < 4.78 is 7.40. The Morgan fingerprint density at radius 2 is 2.23 bits per heavy atom. The van der Waals surface area contributed by atoms with Gasteiger partial charge in [-0.2, -0.15) is 0 Å². The van der Waals surface area contributed by atoms with Gasteiger partial charge in [-0.05, 0) is 18.9 Å². The monoisotopic (exact) mass is 177 g/mol. The Kier molecular flexibility index (Phi) is 1.26. The third kappa shape index (κ3) is 0.907. The molecular weight excluding hydrogens is 166 g/mol. The molecule has 2 heterocycles. The summed E-state index contributed by atoms with van der Waals surface area (Å²) in [6.45, 7) is 1.29. The summed E-state index contributed by atoms with van der Waals surface area (Å²) in [6, 6.07) is 5.41. The van der Waals surface area contributed by atoms with Crippen molar-refractivity contribution in [3.05, 3.63) is 34.2 Å². The molecule has 2 aliphatic rings. The van der Waals surface area contributed by atoms with E-state index in [1.165, 1.54) is 0 Å². The van der Waals surface area contributed by atoms with Crippen LogP contribution in [0.1, 0.15) is 18.5 Å². The minimum Gasteiger partial charge on any atom is -0.373 e. The average Bonchev–Trinajstić information content (AvgIpc) is 2.86. The van der Waals surface area contributed by atoms with Gasteiger partial charge < -0.3 is 9.30 Å². The Morgan fingerprint density at radius 1 is 1.38 bits per heavy atom. The molecule has 1 aliphatic carbocycles. The summed E-state index contributed by atoms with van der Waals surface area (Å²) in [7, 11) is 0. The van der Waals surface area contributed by atoms with Gasteiger partial charge in [0.1, 0.15) is 0 Å². The molecule has 0 unspecified atom stereocenters. The Bertz CT molecular complexity index is 404.